The zero-order chi connectivity index (χ0) is 14.9. The maximum atomic E-state index is 11.6. The number of carbonyl (C=O) groups excluding carboxylic acids is 1. The van der Waals surface area contributed by atoms with Crippen molar-refractivity contribution in [3.05, 3.63) is 23.4 Å². The molecule has 110 valence electrons. The van der Waals surface area contributed by atoms with E-state index in [1.54, 1.807) is 6.07 Å². The minimum Gasteiger partial charge on any atom is -0.465 e. The predicted octanol–water partition coefficient (Wildman–Crippen LogP) is 2.18. The summed E-state index contributed by atoms with van der Waals surface area (Å²) in [5.74, 6) is 0.531. The van der Waals surface area contributed by atoms with Gasteiger partial charge < -0.3 is 14.4 Å². The Morgan fingerprint density at radius 3 is 2.70 bits per heavy atom. The van der Waals surface area contributed by atoms with Crippen LogP contribution in [0.15, 0.2) is 12.1 Å². The Morgan fingerprint density at radius 1 is 1.40 bits per heavy atom. The predicted molar refractivity (Wildman–Crippen MR) is 77.1 cm³/mol. The summed E-state index contributed by atoms with van der Waals surface area (Å²) in [7, 11) is 1.38. The first-order valence-corrected chi connectivity index (χ1v) is 6.92. The molecule has 1 aliphatic rings. The smallest absolute Gasteiger partial charge is 0.339 e. The van der Waals surface area contributed by atoms with Crippen molar-refractivity contribution in [3.63, 3.8) is 0 Å². The number of hydrogen-bond acceptors (Lipinski definition) is 5. The second-order valence-corrected chi connectivity index (χ2v) is 5.34. The first-order chi connectivity index (χ1) is 9.43. The van der Waals surface area contributed by atoms with Gasteiger partial charge in [-0.3, -0.25) is 0 Å². The van der Waals surface area contributed by atoms with Crippen molar-refractivity contribution in [2.75, 3.05) is 18.6 Å². The van der Waals surface area contributed by atoms with Crippen LogP contribution in [0.5, 0.6) is 0 Å². The van der Waals surface area contributed by atoms with Gasteiger partial charge in [-0.15, -0.1) is 0 Å². The summed E-state index contributed by atoms with van der Waals surface area (Å²) in [4.78, 5) is 18.4. The number of ether oxygens (including phenoxy) is 2. The van der Waals surface area contributed by atoms with E-state index in [0.29, 0.717) is 11.3 Å². The van der Waals surface area contributed by atoms with E-state index >= 15 is 0 Å². The number of nitrogens with zero attached hydrogens (tertiary/aromatic N) is 2. The minimum atomic E-state index is -0.349. The quantitative estimate of drug-likeness (QED) is 0.776. The summed E-state index contributed by atoms with van der Waals surface area (Å²) in [5, 5.41) is 0. The van der Waals surface area contributed by atoms with Gasteiger partial charge >= 0.3 is 5.97 Å². The second-order valence-electron chi connectivity index (χ2n) is 5.34. The van der Waals surface area contributed by atoms with Gasteiger partial charge in [-0.2, -0.15) is 0 Å². The molecular formula is C15H22N2O3. The monoisotopic (exact) mass is 278 g/mol. The number of pyridine rings is 1. The van der Waals surface area contributed by atoms with Gasteiger partial charge in [0.25, 0.3) is 0 Å². The van der Waals surface area contributed by atoms with Gasteiger partial charge in [0.1, 0.15) is 5.82 Å². The number of anilines is 1. The third kappa shape index (κ3) is 2.77. The lowest BCUT2D eigenvalue weighted by molar-refractivity contribution is -0.0260. The molecule has 1 aromatic rings. The SMILES string of the molecule is COC(=O)c1ccc(N2C[C@H](C)O[C@@H](C)[C@@H]2C)nc1C. The van der Waals surface area contributed by atoms with E-state index in [4.69, 9.17) is 9.47 Å². The third-order valence-electron chi connectivity index (χ3n) is 3.84. The van der Waals surface area contributed by atoms with Crippen molar-refractivity contribution in [1.82, 2.24) is 4.98 Å². The fourth-order valence-electron chi connectivity index (χ4n) is 2.56. The Hall–Kier alpha value is -1.62. The van der Waals surface area contributed by atoms with Crippen molar-refractivity contribution in [2.45, 2.75) is 45.9 Å². The molecule has 1 fully saturated rings. The van der Waals surface area contributed by atoms with E-state index in [1.165, 1.54) is 7.11 Å². The van der Waals surface area contributed by atoms with Crippen molar-refractivity contribution in [3.8, 4) is 0 Å². The molecule has 2 rings (SSSR count). The molecule has 0 N–H and O–H groups in total. The second kappa shape index (κ2) is 5.79. The summed E-state index contributed by atoms with van der Waals surface area (Å²) in [6.45, 7) is 8.89. The van der Waals surface area contributed by atoms with Gasteiger partial charge in [-0.25, -0.2) is 9.78 Å². The zero-order valence-electron chi connectivity index (χ0n) is 12.7. The van der Waals surface area contributed by atoms with Crippen LogP contribution < -0.4 is 4.90 Å². The van der Waals surface area contributed by atoms with Gasteiger partial charge in [-0.05, 0) is 39.8 Å². The summed E-state index contributed by atoms with van der Waals surface area (Å²) < 4.78 is 10.6. The Kier molecular flexibility index (Phi) is 4.28. The van der Waals surface area contributed by atoms with Crippen LogP contribution in [0, 0.1) is 6.92 Å². The Bertz CT molecular complexity index is 504. The molecule has 5 nitrogen and oxygen atoms in total. The van der Waals surface area contributed by atoms with Crippen molar-refractivity contribution in [2.24, 2.45) is 0 Å². The molecule has 0 spiro atoms. The molecule has 3 atom stereocenters. The highest BCUT2D eigenvalue weighted by molar-refractivity contribution is 5.90. The molecular weight excluding hydrogens is 256 g/mol. The summed E-state index contributed by atoms with van der Waals surface area (Å²) in [6.07, 6.45) is 0.324. The first-order valence-electron chi connectivity index (χ1n) is 6.92. The van der Waals surface area contributed by atoms with Crippen LogP contribution in [0.25, 0.3) is 0 Å². The lowest BCUT2D eigenvalue weighted by Gasteiger charge is -2.42. The lowest BCUT2D eigenvalue weighted by Crippen LogP contribution is -2.52. The average Bonchev–Trinajstić information content (AvgIpc) is 2.41. The maximum Gasteiger partial charge on any atom is 0.339 e. The van der Waals surface area contributed by atoms with E-state index in [2.05, 4.69) is 30.7 Å². The van der Waals surface area contributed by atoms with E-state index in [0.717, 1.165) is 12.4 Å². The number of esters is 1. The average molecular weight is 278 g/mol. The van der Waals surface area contributed by atoms with Gasteiger partial charge in [0.15, 0.2) is 0 Å². The molecule has 0 aromatic carbocycles. The number of methoxy groups -OCH3 is 1. The van der Waals surface area contributed by atoms with Crippen molar-refractivity contribution in [1.29, 1.82) is 0 Å². The fourth-order valence-corrected chi connectivity index (χ4v) is 2.56. The highest BCUT2D eigenvalue weighted by atomic mass is 16.5. The molecule has 2 heterocycles. The summed E-state index contributed by atoms with van der Waals surface area (Å²) in [6, 6.07) is 3.91. The molecule has 1 aliphatic heterocycles. The Balaban J connectivity index is 2.29. The zero-order valence-corrected chi connectivity index (χ0v) is 12.7. The number of morpholine rings is 1. The normalized spacial score (nSPS) is 26.4. The standard InChI is InChI=1S/C15H22N2O3/c1-9-8-17(11(3)12(4)20-9)14-7-6-13(10(2)16-14)15(18)19-5/h6-7,9,11-12H,8H2,1-5H3/t9-,11-,12-/m0/s1. The molecule has 0 unspecified atom stereocenters. The van der Waals surface area contributed by atoms with E-state index in [1.807, 2.05) is 13.0 Å². The number of aromatic nitrogens is 1. The Labute approximate surface area is 119 Å². The lowest BCUT2D eigenvalue weighted by atomic mass is 10.1. The molecule has 20 heavy (non-hydrogen) atoms. The first kappa shape index (κ1) is 14.8. The third-order valence-corrected chi connectivity index (χ3v) is 3.84. The number of hydrogen-bond donors (Lipinski definition) is 0. The van der Waals surface area contributed by atoms with Crippen LogP contribution in [-0.2, 0) is 9.47 Å². The molecule has 0 radical (unpaired) electrons. The molecule has 1 saturated heterocycles. The highest BCUT2D eigenvalue weighted by Gasteiger charge is 2.30. The fraction of sp³-hybridized carbons (Fsp3) is 0.600. The van der Waals surface area contributed by atoms with Gasteiger partial charge in [0.2, 0.25) is 0 Å². The highest BCUT2D eigenvalue weighted by Crippen LogP contribution is 2.24. The van der Waals surface area contributed by atoms with Crippen molar-refractivity contribution >= 4 is 11.8 Å². The summed E-state index contributed by atoms with van der Waals surface area (Å²) >= 11 is 0. The Morgan fingerprint density at radius 2 is 2.10 bits per heavy atom. The van der Waals surface area contributed by atoms with E-state index < -0.39 is 0 Å². The molecule has 5 heteroatoms. The minimum absolute atomic E-state index is 0.154. The molecule has 0 amide bonds. The number of carbonyl (C=O) groups is 1. The molecule has 0 saturated carbocycles. The molecule has 0 bridgehead atoms. The molecule has 0 aliphatic carbocycles. The summed E-state index contributed by atoms with van der Waals surface area (Å²) in [5.41, 5.74) is 1.20. The van der Waals surface area contributed by atoms with Gasteiger partial charge in [0, 0.05) is 6.54 Å². The van der Waals surface area contributed by atoms with Crippen LogP contribution >= 0.6 is 0 Å². The van der Waals surface area contributed by atoms with E-state index in [-0.39, 0.29) is 24.2 Å². The van der Waals surface area contributed by atoms with Crippen LogP contribution in [0.2, 0.25) is 0 Å². The van der Waals surface area contributed by atoms with Crippen molar-refractivity contribution < 1.29 is 14.3 Å². The largest absolute Gasteiger partial charge is 0.465 e. The maximum absolute atomic E-state index is 11.6. The van der Waals surface area contributed by atoms with E-state index in [9.17, 15) is 4.79 Å². The number of rotatable bonds is 2. The number of aryl methyl sites for hydroxylation is 1. The van der Waals surface area contributed by atoms with Crippen LogP contribution in [0.4, 0.5) is 5.82 Å². The molecule has 1 aromatic heterocycles. The van der Waals surface area contributed by atoms with Crippen LogP contribution in [0.3, 0.4) is 0 Å². The topological polar surface area (TPSA) is 51.7 Å². The van der Waals surface area contributed by atoms with Gasteiger partial charge in [0.05, 0.1) is 36.6 Å². The van der Waals surface area contributed by atoms with Crippen LogP contribution in [-0.4, -0.2) is 42.9 Å². The van der Waals surface area contributed by atoms with Gasteiger partial charge in [-0.1, -0.05) is 0 Å². The van der Waals surface area contributed by atoms with Crippen LogP contribution in [0.1, 0.15) is 36.8 Å².